The number of hydrogen-bond acceptors (Lipinski definition) is 4. The number of primary amides is 1. The lowest BCUT2D eigenvalue weighted by atomic mass is 10.0. The van der Waals surface area contributed by atoms with Crippen LogP contribution < -0.4 is 10.5 Å². The lowest BCUT2D eigenvalue weighted by Crippen LogP contribution is -2.51. The molecule has 114 valence electrons. The maximum Gasteiger partial charge on any atom is 0.240 e. The van der Waals surface area contributed by atoms with E-state index in [1.54, 1.807) is 12.0 Å². The van der Waals surface area contributed by atoms with E-state index in [0.29, 0.717) is 13.0 Å². The lowest BCUT2D eigenvalue weighted by molar-refractivity contribution is -0.138. The summed E-state index contributed by atoms with van der Waals surface area (Å²) in [5.41, 5.74) is 5.39. The summed E-state index contributed by atoms with van der Waals surface area (Å²) in [6, 6.07) is 7.11. The molecule has 5 nitrogen and oxygen atoms in total. The summed E-state index contributed by atoms with van der Waals surface area (Å²) < 4.78 is 5.26. The third kappa shape index (κ3) is 3.91. The molecule has 1 unspecified atom stereocenters. The van der Waals surface area contributed by atoms with Gasteiger partial charge in [-0.25, -0.2) is 0 Å². The number of carbonyl (C=O) groups is 2. The van der Waals surface area contributed by atoms with E-state index < -0.39 is 11.9 Å². The van der Waals surface area contributed by atoms with Crippen molar-refractivity contribution in [2.45, 2.75) is 30.2 Å². The highest BCUT2D eigenvalue weighted by Crippen LogP contribution is 2.29. The number of ether oxygens (including phenoxy) is 1. The number of nitrogens with two attached hydrogens (primary N) is 1. The second kappa shape index (κ2) is 7.36. The molecule has 1 aromatic carbocycles. The predicted octanol–water partition coefficient (Wildman–Crippen LogP) is 1.65. The first-order valence-corrected chi connectivity index (χ1v) is 7.96. The topological polar surface area (TPSA) is 72.6 Å². The van der Waals surface area contributed by atoms with Crippen molar-refractivity contribution in [3.8, 4) is 5.75 Å². The zero-order valence-electron chi connectivity index (χ0n) is 12.1. The number of rotatable bonds is 5. The van der Waals surface area contributed by atoms with Crippen molar-refractivity contribution < 1.29 is 14.3 Å². The zero-order valence-corrected chi connectivity index (χ0v) is 12.9. The fourth-order valence-electron chi connectivity index (χ4n) is 2.49. The number of piperidine rings is 1. The number of para-hydroxylation sites is 1. The molecule has 2 amide bonds. The fraction of sp³-hybridized carbons (Fsp3) is 0.467. The summed E-state index contributed by atoms with van der Waals surface area (Å²) in [6.07, 6.45) is 2.53. The Kier molecular flexibility index (Phi) is 5.50. The van der Waals surface area contributed by atoms with Crippen molar-refractivity contribution >= 4 is 23.6 Å². The van der Waals surface area contributed by atoms with Crippen LogP contribution in [-0.2, 0) is 9.59 Å². The van der Waals surface area contributed by atoms with Gasteiger partial charge in [0, 0.05) is 11.4 Å². The standard InChI is InChI=1S/C15H20N2O3S/c1-20-12-7-2-3-8-13(12)21-10-14(18)17-9-5-4-6-11(17)15(16)19/h2-3,7-8,11H,4-6,9-10H2,1H3,(H2,16,19). The summed E-state index contributed by atoms with van der Waals surface area (Å²) in [5, 5.41) is 0. The third-order valence-electron chi connectivity index (χ3n) is 3.57. The molecule has 0 aliphatic carbocycles. The molecule has 1 heterocycles. The van der Waals surface area contributed by atoms with Gasteiger partial charge >= 0.3 is 0 Å². The molecule has 2 rings (SSSR count). The Labute approximate surface area is 128 Å². The number of hydrogen-bond donors (Lipinski definition) is 1. The number of benzene rings is 1. The molecule has 1 atom stereocenters. The summed E-state index contributed by atoms with van der Waals surface area (Å²) in [7, 11) is 1.61. The van der Waals surface area contributed by atoms with E-state index in [4.69, 9.17) is 10.5 Å². The first kappa shape index (κ1) is 15.7. The van der Waals surface area contributed by atoms with E-state index in [1.807, 2.05) is 24.3 Å². The van der Waals surface area contributed by atoms with Gasteiger partial charge in [-0.15, -0.1) is 11.8 Å². The second-order valence-electron chi connectivity index (χ2n) is 4.94. The van der Waals surface area contributed by atoms with Gasteiger partial charge in [-0.05, 0) is 31.4 Å². The van der Waals surface area contributed by atoms with Crippen molar-refractivity contribution in [2.75, 3.05) is 19.4 Å². The van der Waals surface area contributed by atoms with Crippen LogP contribution in [0.25, 0.3) is 0 Å². The Hall–Kier alpha value is -1.69. The van der Waals surface area contributed by atoms with Gasteiger partial charge in [-0.1, -0.05) is 12.1 Å². The van der Waals surface area contributed by atoms with Crippen LogP contribution in [-0.4, -0.2) is 42.2 Å². The minimum atomic E-state index is -0.454. The van der Waals surface area contributed by atoms with Crippen molar-refractivity contribution in [3.63, 3.8) is 0 Å². The smallest absolute Gasteiger partial charge is 0.240 e. The van der Waals surface area contributed by atoms with Crippen molar-refractivity contribution in [1.82, 2.24) is 4.90 Å². The average molecular weight is 308 g/mol. The summed E-state index contributed by atoms with van der Waals surface area (Å²) >= 11 is 1.42. The monoisotopic (exact) mass is 308 g/mol. The highest BCUT2D eigenvalue weighted by molar-refractivity contribution is 8.00. The van der Waals surface area contributed by atoms with Gasteiger partial charge in [0.1, 0.15) is 11.8 Å². The van der Waals surface area contributed by atoms with Crippen LogP contribution in [0.3, 0.4) is 0 Å². The molecular formula is C15H20N2O3S. The van der Waals surface area contributed by atoms with E-state index in [1.165, 1.54) is 11.8 Å². The first-order valence-electron chi connectivity index (χ1n) is 6.98. The Morgan fingerprint density at radius 3 is 2.86 bits per heavy atom. The molecule has 0 bridgehead atoms. The highest BCUT2D eigenvalue weighted by atomic mass is 32.2. The minimum Gasteiger partial charge on any atom is -0.496 e. The predicted molar refractivity (Wildman–Crippen MR) is 82.3 cm³/mol. The zero-order chi connectivity index (χ0) is 15.2. The van der Waals surface area contributed by atoms with E-state index in [2.05, 4.69) is 0 Å². The SMILES string of the molecule is COc1ccccc1SCC(=O)N1CCCCC1C(N)=O. The molecule has 6 heteroatoms. The van der Waals surface area contributed by atoms with Crippen molar-refractivity contribution in [2.24, 2.45) is 5.73 Å². The van der Waals surface area contributed by atoms with Gasteiger partial charge in [-0.2, -0.15) is 0 Å². The molecule has 1 aliphatic heterocycles. The van der Waals surface area contributed by atoms with Crippen LogP contribution in [0.1, 0.15) is 19.3 Å². The van der Waals surface area contributed by atoms with Gasteiger partial charge in [-0.3, -0.25) is 9.59 Å². The molecular weight excluding hydrogens is 288 g/mol. The molecule has 0 aromatic heterocycles. The minimum absolute atomic E-state index is 0.0468. The van der Waals surface area contributed by atoms with Crippen molar-refractivity contribution in [3.05, 3.63) is 24.3 Å². The highest BCUT2D eigenvalue weighted by Gasteiger charge is 2.30. The fourth-order valence-corrected chi connectivity index (χ4v) is 3.40. The van der Waals surface area contributed by atoms with Gasteiger partial charge in [0.15, 0.2) is 0 Å². The molecule has 1 aliphatic rings. The Bertz CT molecular complexity index is 521. The quantitative estimate of drug-likeness (QED) is 0.840. The van der Waals surface area contributed by atoms with Crippen LogP contribution in [0.5, 0.6) is 5.75 Å². The molecule has 0 radical (unpaired) electrons. The molecule has 0 spiro atoms. The van der Waals surface area contributed by atoms with Crippen LogP contribution >= 0.6 is 11.8 Å². The molecule has 1 fully saturated rings. The number of likely N-dealkylation sites (tertiary alicyclic amines) is 1. The maximum absolute atomic E-state index is 12.3. The van der Waals surface area contributed by atoms with Crippen LogP contribution in [0.2, 0.25) is 0 Å². The van der Waals surface area contributed by atoms with Gasteiger partial charge in [0.05, 0.1) is 12.9 Å². The van der Waals surface area contributed by atoms with Crippen LogP contribution in [0, 0.1) is 0 Å². The third-order valence-corrected chi connectivity index (χ3v) is 4.61. The Balaban J connectivity index is 1.99. The van der Waals surface area contributed by atoms with E-state index in [9.17, 15) is 9.59 Å². The molecule has 1 aromatic rings. The molecule has 2 N–H and O–H groups in total. The number of nitrogens with zero attached hydrogens (tertiary/aromatic N) is 1. The summed E-state index contributed by atoms with van der Waals surface area (Å²) in [5.74, 6) is 0.574. The summed E-state index contributed by atoms with van der Waals surface area (Å²) in [6.45, 7) is 0.610. The van der Waals surface area contributed by atoms with Gasteiger partial charge < -0.3 is 15.4 Å². The maximum atomic E-state index is 12.3. The van der Waals surface area contributed by atoms with Crippen LogP contribution in [0.4, 0.5) is 0 Å². The van der Waals surface area contributed by atoms with Crippen LogP contribution in [0.15, 0.2) is 29.2 Å². The lowest BCUT2D eigenvalue weighted by Gasteiger charge is -2.33. The normalized spacial score (nSPS) is 18.3. The Morgan fingerprint density at radius 1 is 1.38 bits per heavy atom. The second-order valence-corrected chi connectivity index (χ2v) is 5.96. The largest absolute Gasteiger partial charge is 0.496 e. The first-order chi connectivity index (χ1) is 10.1. The summed E-state index contributed by atoms with van der Waals surface area (Å²) in [4.78, 5) is 26.3. The number of carbonyl (C=O) groups excluding carboxylic acids is 2. The number of thioether (sulfide) groups is 1. The van der Waals surface area contributed by atoms with Crippen molar-refractivity contribution in [1.29, 1.82) is 0 Å². The van der Waals surface area contributed by atoms with Gasteiger partial charge in [0.25, 0.3) is 0 Å². The number of methoxy groups -OCH3 is 1. The van der Waals surface area contributed by atoms with E-state index >= 15 is 0 Å². The molecule has 1 saturated heterocycles. The number of amides is 2. The molecule has 0 saturated carbocycles. The van der Waals surface area contributed by atoms with Gasteiger partial charge in [0.2, 0.25) is 11.8 Å². The van der Waals surface area contributed by atoms with E-state index in [-0.39, 0.29) is 11.7 Å². The Morgan fingerprint density at radius 2 is 2.14 bits per heavy atom. The van der Waals surface area contributed by atoms with E-state index in [0.717, 1.165) is 23.5 Å². The molecule has 21 heavy (non-hydrogen) atoms. The average Bonchev–Trinajstić information content (AvgIpc) is 2.52.